The zero-order valence-corrected chi connectivity index (χ0v) is 14.1. The fourth-order valence-electron chi connectivity index (χ4n) is 1.98. The van der Waals surface area contributed by atoms with E-state index in [2.05, 4.69) is 26.3 Å². The predicted molar refractivity (Wildman–Crippen MR) is 86.4 cm³/mol. The van der Waals surface area contributed by atoms with Gasteiger partial charge in [0.05, 0.1) is 24.9 Å². The van der Waals surface area contributed by atoms with Gasteiger partial charge in [0.25, 0.3) is 5.91 Å². The molecular weight excluding hydrogens is 350 g/mol. The summed E-state index contributed by atoms with van der Waals surface area (Å²) in [4.78, 5) is 12.1. The van der Waals surface area contributed by atoms with Crippen LogP contribution in [0.2, 0.25) is 0 Å². The number of aryl methyl sites for hydroxylation is 1. The van der Waals surface area contributed by atoms with Crippen molar-refractivity contribution in [2.45, 2.75) is 13.0 Å². The average molecular weight is 368 g/mol. The molecule has 0 unspecified atom stereocenters. The molecule has 0 spiro atoms. The number of halogens is 1. The summed E-state index contributed by atoms with van der Waals surface area (Å²) in [6.07, 6.45) is 4.44. The van der Waals surface area contributed by atoms with Crippen molar-refractivity contribution in [1.82, 2.24) is 15.1 Å². The van der Waals surface area contributed by atoms with Crippen molar-refractivity contribution in [3.05, 3.63) is 40.6 Å². The van der Waals surface area contributed by atoms with Crippen LogP contribution in [0.5, 0.6) is 11.5 Å². The Morgan fingerprint density at radius 3 is 2.73 bits per heavy atom. The van der Waals surface area contributed by atoms with E-state index in [9.17, 15) is 4.79 Å². The SMILES string of the molecule is COc1ccc(C(=O)NCCCn2cc(Br)cn2)cc1OC. The lowest BCUT2D eigenvalue weighted by atomic mass is 10.2. The molecule has 1 heterocycles. The first kappa shape index (κ1) is 16.4. The van der Waals surface area contributed by atoms with Crippen LogP contribution in [0.4, 0.5) is 0 Å². The van der Waals surface area contributed by atoms with Gasteiger partial charge in [-0.3, -0.25) is 9.48 Å². The molecule has 2 aromatic rings. The lowest BCUT2D eigenvalue weighted by Gasteiger charge is -2.10. The van der Waals surface area contributed by atoms with Gasteiger partial charge in [0.1, 0.15) is 0 Å². The fraction of sp³-hybridized carbons (Fsp3) is 0.333. The quantitative estimate of drug-likeness (QED) is 0.763. The van der Waals surface area contributed by atoms with Gasteiger partial charge in [0.2, 0.25) is 0 Å². The summed E-state index contributed by atoms with van der Waals surface area (Å²) >= 11 is 3.35. The lowest BCUT2D eigenvalue weighted by Crippen LogP contribution is -2.25. The Balaban J connectivity index is 1.84. The number of methoxy groups -OCH3 is 2. The van der Waals surface area contributed by atoms with Crippen LogP contribution in [0.1, 0.15) is 16.8 Å². The summed E-state index contributed by atoms with van der Waals surface area (Å²) < 4.78 is 13.1. The molecule has 0 radical (unpaired) electrons. The molecule has 0 aliphatic carbocycles. The first-order valence-corrected chi connectivity index (χ1v) is 7.61. The first-order valence-electron chi connectivity index (χ1n) is 6.82. The highest BCUT2D eigenvalue weighted by atomic mass is 79.9. The van der Waals surface area contributed by atoms with Crippen LogP contribution in [-0.2, 0) is 6.54 Å². The molecule has 6 nitrogen and oxygen atoms in total. The topological polar surface area (TPSA) is 65.4 Å². The van der Waals surface area contributed by atoms with E-state index in [1.54, 1.807) is 38.6 Å². The van der Waals surface area contributed by atoms with E-state index >= 15 is 0 Å². The van der Waals surface area contributed by atoms with Crippen LogP contribution in [0.25, 0.3) is 0 Å². The molecular formula is C15H18BrN3O3. The van der Waals surface area contributed by atoms with Gasteiger partial charge in [0, 0.05) is 24.8 Å². The Bertz CT molecular complexity index is 643. The number of amides is 1. The Hall–Kier alpha value is -2.02. The maximum absolute atomic E-state index is 12.1. The molecule has 0 atom stereocenters. The molecule has 1 aromatic heterocycles. The highest BCUT2D eigenvalue weighted by molar-refractivity contribution is 9.10. The molecule has 118 valence electrons. The highest BCUT2D eigenvalue weighted by Gasteiger charge is 2.10. The molecule has 0 fully saturated rings. The van der Waals surface area contributed by atoms with Gasteiger partial charge in [0.15, 0.2) is 11.5 Å². The third-order valence-electron chi connectivity index (χ3n) is 3.10. The van der Waals surface area contributed by atoms with Crippen molar-refractivity contribution in [2.24, 2.45) is 0 Å². The number of carbonyl (C=O) groups excluding carboxylic acids is 1. The normalized spacial score (nSPS) is 10.3. The van der Waals surface area contributed by atoms with Crippen molar-refractivity contribution < 1.29 is 14.3 Å². The molecule has 0 aliphatic rings. The number of nitrogens with one attached hydrogen (secondary N) is 1. The predicted octanol–water partition coefficient (Wildman–Crippen LogP) is 2.48. The van der Waals surface area contributed by atoms with Crippen LogP contribution in [0.15, 0.2) is 35.1 Å². The highest BCUT2D eigenvalue weighted by Crippen LogP contribution is 2.27. The number of aromatic nitrogens is 2. The minimum absolute atomic E-state index is 0.136. The molecule has 7 heteroatoms. The third-order valence-corrected chi connectivity index (χ3v) is 3.51. The molecule has 22 heavy (non-hydrogen) atoms. The lowest BCUT2D eigenvalue weighted by molar-refractivity contribution is 0.0952. The molecule has 1 aromatic carbocycles. The van der Waals surface area contributed by atoms with Crippen LogP contribution >= 0.6 is 15.9 Å². The standard InChI is InChI=1S/C15H18BrN3O3/c1-21-13-5-4-11(8-14(13)22-2)15(20)17-6-3-7-19-10-12(16)9-18-19/h4-5,8-10H,3,6-7H2,1-2H3,(H,17,20). The molecule has 2 rings (SSSR count). The van der Waals surface area contributed by atoms with E-state index in [-0.39, 0.29) is 5.91 Å². The molecule has 1 amide bonds. The van der Waals surface area contributed by atoms with Crippen molar-refractivity contribution in [3.8, 4) is 11.5 Å². The van der Waals surface area contributed by atoms with Crippen molar-refractivity contribution in [2.75, 3.05) is 20.8 Å². The zero-order chi connectivity index (χ0) is 15.9. The van der Waals surface area contributed by atoms with Gasteiger partial charge >= 0.3 is 0 Å². The van der Waals surface area contributed by atoms with E-state index in [0.29, 0.717) is 23.6 Å². The third kappa shape index (κ3) is 4.24. The van der Waals surface area contributed by atoms with Crippen molar-refractivity contribution in [3.63, 3.8) is 0 Å². The summed E-state index contributed by atoms with van der Waals surface area (Å²) in [5.41, 5.74) is 0.541. The van der Waals surface area contributed by atoms with Crippen LogP contribution < -0.4 is 14.8 Å². The minimum Gasteiger partial charge on any atom is -0.493 e. The summed E-state index contributed by atoms with van der Waals surface area (Å²) in [6, 6.07) is 5.09. The van der Waals surface area contributed by atoms with E-state index in [1.807, 2.05) is 10.9 Å². The van der Waals surface area contributed by atoms with E-state index in [4.69, 9.17) is 9.47 Å². The fourth-order valence-corrected chi connectivity index (χ4v) is 2.31. The molecule has 0 saturated carbocycles. The van der Waals surface area contributed by atoms with Crippen LogP contribution in [0, 0.1) is 0 Å². The number of carbonyl (C=O) groups is 1. The number of benzene rings is 1. The van der Waals surface area contributed by atoms with Crippen molar-refractivity contribution >= 4 is 21.8 Å². The minimum atomic E-state index is -0.136. The number of hydrogen-bond donors (Lipinski definition) is 1. The average Bonchev–Trinajstić information content (AvgIpc) is 2.96. The van der Waals surface area contributed by atoms with Gasteiger partial charge in [-0.1, -0.05) is 0 Å². The Morgan fingerprint density at radius 2 is 2.09 bits per heavy atom. The summed E-state index contributed by atoms with van der Waals surface area (Å²) in [5, 5.41) is 7.04. The maximum Gasteiger partial charge on any atom is 0.251 e. The van der Waals surface area contributed by atoms with E-state index < -0.39 is 0 Å². The number of rotatable bonds is 7. The molecule has 0 aliphatic heterocycles. The van der Waals surface area contributed by atoms with Crippen LogP contribution in [-0.4, -0.2) is 36.5 Å². The summed E-state index contributed by atoms with van der Waals surface area (Å²) in [5.74, 6) is 1.00. The van der Waals surface area contributed by atoms with Crippen LogP contribution in [0.3, 0.4) is 0 Å². The monoisotopic (exact) mass is 367 g/mol. The first-order chi connectivity index (χ1) is 10.6. The van der Waals surface area contributed by atoms with E-state index in [1.165, 1.54) is 0 Å². The summed E-state index contributed by atoms with van der Waals surface area (Å²) in [6.45, 7) is 1.32. The van der Waals surface area contributed by atoms with Crippen molar-refractivity contribution in [1.29, 1.82) is 0 Å². The molecule has 0 saturated heterocycles. The second-order valence-corrected chi connectivity index (χ2v) is 5.52. The number of hydrogen-bond acceptors (Lipinski definition) is 4. The maximum atomic E-state index is 12.1. The van der Waals surface area contributed by atoms with Gasteiger partial charge in [-0.2, -0.15) is 5.10 Å². The number of nitrogens with zero attached hydrogens (tertiary/aromatic N) is 2. The molecule has 1 N–H and O–H groups in total. The largest absolute Gasteiger partial charge is 0.493 e. The van der Waals surface area contributed by atoms with E-state index in [0.717, 1.165) is 17.4 Å². The second kappa shape index (κ2) is 7.84. The second-order valence-electron chi connectivity index (χ2n) is 4.60. The van der Waals surface area contributed by atoms with Gasteiger partial charge in [-0.25, -0.2) is 0 Å². The summed E-state index contributed by atoms with van der Waals surface area (Å²) in [7, 11) is 3.10. The van der Waals surface area contributed by atoms with Gasteiger partial charge < -0.3 is 14.8 Å². The Kier molecular flexibility index (Phi) is 5.83. The Morgan fingerprint density at radius 1 is 1.32 bits per heavy atom. The zero-order valence-electron chi connectivity index (χ0n) is 12.5. The van der Waals surface area contributed by atoms with Gasteiger partial charge in [-0.15, -0.1) is 0 Å². The molecule has 0 bridgehead atoms. The Labute approximate surface area is 137 Å². The smallest absolute Gasteiger partial charge is 0.251 e. The number of ether oxygens (including phenoxy) is 2. The van der Waals surface area contributed by atoms with Gasteiger partial charge in [-0.05, 0) is 40.5 Å².